The molecule has 0 amide bonds. The fraction of sp³-hybridized carbons (Fsp3) is 0. The number of anilines is 3. The summed E-state index contributed by atoms with van der Waals surface area (Å²) in [5.74, 6) is 0. The van der Waals surface area contributed by atoms with Crippen molar-refractivity contribution in [1.29, 1.82) is 0 Å². The summed E-state index contributed by atoms with van der Waals surface area (Å²) in [6.45, 7) is 0. The molecular formula is C46H31NS. The summed E-state index contributed by atoms with van der Waals surface area (Å²) in [6.07, 6.45) is 0. The highest BCUT2D eigenvalue weighted by atomic mass is 32.1. The van der Waals surface area contributed by atoms with E-state index in [0.717, 1.165) is 17.1 Å². The summed E-state index contributed by atoms with van der Waals surface area (Å²) < 4.78 is 2.63. The maximum absolute atomic E-state index is 2.40. The van der Waals surface area contributed by atoms with Crippen LogP contribution >= 0.6 is 11.3 Å². The Morgan fingerprint density at radius 3 is 1.69 bits per heavy atom. The summed E-state index contributed by atoms with van der Waals surface area (Å²) in [4.78, 5) is 2.40. The zero-order valence-electron chi connectivity index (χ0n) is 26.3. The number of nitrogens with zero attached hydrogens (tertiary/aromatic N) is 1. The van der Waals surface area contributed by atoms with Crippen LogP contribution in [0.25, 0.3) is 64.3 Å². The van der Waals surface area contributed by atoms with Crippen molar-refractivity contribution >= 4 is 59.3 Å². The van der Waals surface area contributed by atoms with E-state index in [1.807, 2.05) is 11.3 Å². The molecule has 1 nitrogen and oxygen atoms in total. The quantitative estimate of drug-likeness (QED) is 0.177. The monoisotopic (exact) mass is 629 g/mol. The van der Waals surface area contributed by atoms with E-state index < -0.39 is 0 Å². The molecular weight excluding hydrogens is 599 g/mol. The highest BCUT2D eigenvalue weighted by Crippen LogP contribution is 2.44. The van der Waals surface area contributed by atoms with Crippen molar-refractivity contribution in [2.45, 2.75) is 0 Å². The maximum atomic E-state index is 2.40. The molecule has 2 heteroatoms. The molecule has 0 aliphatic heterocycles. The van der Waals surface area contributed by atoms with Crippen LogP contribution in [0.1, 0.15) is 0 Å². The molecule has 0 aliphatic rings. The molecule has 9 rings (SSSR count). The van der Waals surface area contributed by atoms with Gasteiger partial charge < -0.3 is 4.90 Å². The SMILES string of the molecule is c1ccc(-c2ccc(-c3ccc(N(c4ccc5ccccc5c4)c4ccccc4-c4ccc5c(c4)sc4ccccc45)cc3)cc2)cc1. The lowest BCUT2D eigenvalue weighted by atomic mass is 9.99. The topological polar surface area (TPSA) is 3.24 Å². The van der Waals surface area contributed by atoms with Crippen molar-refractivity contribution in [2.24, 2.45) is 0 Å². The first-order valence-electron chi connectivity index (χ1n) is 16.3. The van der Waals surface area contributed by atoms with Crippen LogP contribution in [-0.2, 0) is 0 Å². The minimum atomic E-state index is 1.12. The molecule has 1 heterocycles. The Kier molecular flexibility index (Phi) is 7.07. The molecule has 226 valence electrons. The van der Waals surface area contributed by atoms with Gasteiger partial charge in [0, 0.05) is 37.1 Å². The third-order valence-corrected chi connectivity index (χ3v) is 10.4. The average molecular weight is 630 g/mol. The lowest BCUT2D eigenvalue weighted by molar-refractivity contribution is 1.29. The molecule has 0 radical (unpaired) electrons. The zero-order valence-corrected chi connectivity index (χ0v) is 27.1. The predicted molar refractivity (Wildman–Crippen MR) is 208 cm³/mol. The predicted octanol–water partition coefficient (Wildman–Crippen LogP) is 13.7. The number of hydrogen-bond donors (Lipinski definition) is 0. The summed E-state index contributed by atoms with van der Waals surface area (Å²) >= 11 is 1.86. The van der Waals surface area contributed by atoms with Crippen molar-refractivity contribution in [3.63, 3.8) is 0 Å². The van der Waals surface area contributed by atoms with Gasteiger partial charge in [-0.2, -0.15) is 0 Å². The Hall–Kier alpha value is -5.96. The number of thiophene rings is 1. The molecule has 1 aromatic heterocycles. The van der Waals surface area contributed by atoms with Gasteiger partial charge in [0.15, 0.2) is 0 Å². The van der Waals surface area contributed by atoms with Crippen LogP contribution in [0.2, 0.25) is 0 Å². The van der Waals surface area contributed by atoms with Crippen molar-refractivity contribution in [1.82, 2.24) is 0 Å². The van der Waals surface area contributed by atoms with E-state index in [1.165, 1.54) is 64.3 Å². The van der Waals surface area contributed by atoms with E-state index in [9.17, 15) is 0 Å². The molecule has 0 saturated carbocycles. The largest absolute Gasteiger partial charge is 0.310 e. The van der Waals surface area contributed by atoms with Gasteiger partial charge in [-0.15, -0.1) is 11.3 Å². The van der Waals surface area contributed by atoms with E-state index in [0.29, 0.717) is 0 Å². The molecule has 0 bridgehead atoms. The summed E-state index contributed by atoms with van der Waals surface area (Å²) in [5.41, 5.74) is 10.7. The number of rotatable bonds is 6. The highest BCUT2D eigenvalue weighted by molar-refractivity contribution is 7.25. The standard InChI is InChI=1S/C46H31NS/c1-2-10-32(11-3-1)34-18-20-35(21-19-34)36-22-26-39(27-23-36)47(40-28-24-33-12-4-5-13-37(33)30-40)44-16-8-6-14-41(44)38-25-29-43-42-15-7-9-17-45(42)48-46(43)31-38/h1-31H. The third-order valence-electron chi connectivity index (χ3n) is 9.28. The van der Waals surface area contributed by atoms with Crippen molar-refractivity contribution in [3.8, 4) is 33.4 Å². The first-order chi connectivity index (χ1) is 23.8. The second-order valence-electron chi connectivity index (χ2n) is 12.2. The van der Waals surface area contributed by atoms with Crippen LogP contribution in [0.3, 0.4) is 0 Å². The average Bonchev–Trinajstić information content (AvgIpc) is 3.54. The molecule has 8 aromatic carbocycles. The van der Waals surface area contributed by atoms with E-state index >= 15 is 0 Å². The van der Waals surface area contributed by atoms with E-state index in [2.05, 4.69) is 193 Å². The van der Waals surface area contributed by atoms with Crippen molar-refractivity contribution < 1.29 is 0 Å². The molecule has 9 aromatic rings. The zero-order chi connectivity index (χ0) is 31.9. The Morgan fingerprint density at radius 2 is 0.896 bits per heavy atom. The Bertz CT molecular complexity index is 2540. The fourth-order valence-electron chi connectivity index (χ4n) is 6.84. The summed E-state index contributed by atoms with van der Waals surface area (Å²) in [5, 5.41) is 5.10. The minimum absolute atomic E-state index is 1.12. The Balaban J connectivity index is 1.15. The van der Waals surface area contributed by atoms with Gasteiger partial charge in [0.05, 0.1) is 5.69 Å². The van der Waals surface area contributed by atoms with E-state index in [1.54, 1.807) is 0 Å². The third kappa shape index (κ3) is 5.13. The summed E-state index contributed by atoms with van der Waals surface area (Å²) in [7, 11) is 0. The Labute approximate surface area is 284 Å². The fourth-order valence-corrected chi connectivity index (χ4v) is 7.98. The van der Waals surface area contributed by atoms with Crippen LogP contribution in [0.5, 0.6) is 0 Å². The molecule has 0 aliphatic carbocycles. The van der Waals surface area contributed by atoms with Gasteiger partial charge in [0.25, 0.3) is 0 Å². The van der Waals surface area contributed by atoms with Gasteiger partial charge in [0.1, 0.15) is 0 Å². The number of hydrogen-bond acceptors (Lipinski definition) is 2. The van der Waals surface area contributed by atoms with E-state index in [4.69, 9.17) is 0 Å². The van der Waals surface area contributed by atoms with Gasteiger partial charge in [-0.1, -0.05) is 146 Å². The van der Waals surface area contributed by atoms with Gasteiger partial charge in [-0.25, -0.2) is 0 Å². The summed E-state index contributed by atoms with van der Waals surface area (Å²) in [6, 6.07) is 68.2. The van der Waals surface area contributed by atoms with Gasteiger partial charge in [-0.3, -0.25) is 0 Å². The molecule has 0 N–H and O–H groups in total. The number of benzene rings is 8. The maximum Gasteiger partial charge on any atom is 0.0540 e. The Morgan fingerprint density at radius 1 is 0.333 bits per heavy atom. The first-order valence-corrected chi connectivity index (χ1v) is 17.2. The molecule has 0 unspecified atom stereocenters. The second kappa shape index (κ2) is 12.0. The van der Waals surface area contributed by atoms with Crippen molar-refractivity contribution in [3.05, 3.63) is 188 Å². The van der Waals surface area contributed by atoms with Gasteiger partial charge in [-0.05, 0) is 81.1 Å². The van der Waals surface area contributed by atoms with Gasteiger partial charge in [0.2, 0.25) is 0 Å². The number of para-hydroxylation sites is 1. The lowest BCUT2D eigenvalue weighted by Gasteiger charge is -2.28. The molecule has 0 fully saturated rings. The first kappa shape index (κ1) is 28.3. The van der Waals surface area contributed by atoms with Crippen molar-refractivity contribution in [2.75, 3.05) is 4.90 Å². The smallest absolute Gasteiger partial charge is 0.0540 e. The molecule has 0 saturated heterocycles. The van der Waals surface area contributed by atoms with Crippen LogP contribution in [0, 0.1) is 0 Å². The normalized spacial score (nSPS) is 11.3. The number of fused-ring (bicyclic) bond motifs is 4. The molecule has 0 spiro atoms. The minimum Gasteiger partial charge on any atom is -0.310 e. The van der Waals surface area contributed by atoms with Gasteiger partial charge >= 0.3 is 0 Å². The van der Waals surface area contributed by atoms with Crippen LogP contribution in [0.15, 0.2) is 188 Å². The van der Waals surface area contributed by atoms with Crippen LogP contribution in [-0.4, -0.2) is 0 Å². The van der Waals surface area contributed by atoms with E-state index in [-0.39, 0.29) is 0 Å². The lowest BCUT2D eigenvalue weighted by Crippen LogP contribution is -2.11. The highest BCUT2D eigenvalue weighted by Gasteiger charge is 2.18. The molecule has 48 heavy (non-hydrogen) atoms. The second-order valence-corrected chi connectivity index (χ2v) is 13.3. The van der Waals surface area contributed by atoms with Crippen LogP contribution in [0.4, 0.5) is 17.1 Å². The van der Waals surface area contributed by atoms with Crippen LogP contribution < -0.4 is 4.90 Å². The molecule has 0 atom stereocenters.